The van der Waals surface area contributed by atoms with Crippen molar-refractivity contribution in [1.82, 2.24) is 0 Å². The fourth-order valence-electron chi connectivity index (χ4n) is 7.40. The van der Waals surface area contributed by atoms with E-state index in [0.29, 0.717) is 5.66 Å². The van der Waals surface area contributed by atoms with Crippen LogP contribution in [0.1, 0.15) is 51.4 Å². The van der Waals surface area contributed by atoms with Crippen molar-refractivity contribution >= 4 is 37.1 Å². The number of hydrogen-bond acceptors (Lipinski definition) is 2. The zero-order valence-electron chi connectivity index (χ0n) is 32.0. The second-order valence-corrected chi connectivity index (χ2v) is 18.4. The maximum absolute atomic E-state index is 5.80. The van der Waals surface area contributed by atoms with E-state index >= 15 is 0 Å². The Morgan fingerprint density at radius 3 is 1.22 bits per heavy atom. The van der Waals surface area contributed by atoms with Gasteiger partial charge in [-0.05, 0) is 150 Å². The summed E-state index contributed by atoms with van der Waals surface area (Å²) in [6, 6.07) is 23.7. The second kappa shape index (κ2) is 18.0. The fourth-order valence-corrected chi connectivity index (χ4v) is 13.5. The molecule has 0 N–H and O–H groups in total. The Morgan fingerprint density at radius 1 is 0.490 bits per heavy atom. The van der Waals surface area contributed by atoms with Gasteiger partial charge in [-0.25, -0.2) is 0 Å². The van der Waals surface area contributed by atoms with Gasteiger partial charge in [-0.2, -0.15) is 0 Å². The molecule has 0 unspecified atom stereocenters. The van der Waals surface area contributed by atoms with Crippen molar-refractivity contribution in [2.45, 2.75) is 68.0 Å². The number of methoxy groups -OCH3 is 2. The quantitative estimate of drug-likeness (QED) is 0.125. The van der Waals surface area contributed by atoms with E-state index in [1.807, 2.05) is 30.7 Å². The predicted octanol–water partition coefficient (Wildman–Crippen LogP) is 10.5. The predicted molar refractivity (Wildman–Crippen MR) is 222 cm³/mol. The molecule has 2 aliphatic carbocycles. The van der Waals surface area contributed by atoms with E-state index in [9.17, 15) is 0 Å². The SMILES string of the molecule is COc1c(C)cc(P(C2=CC=C[C]2[C@H](C)P(c2cc(C)cc(C)c2)c2cc(C)cc(C)c2)c2cc(C)c(OC)c(C)c2)cc1C.[CH]1C=CC=C1.[Fe]. The van der Waals surface area contributed by atoms with Crippen LogP contribution in [-0.2, 0) is 17.1 Å². The third-order valence-corrected chi connectivity index (χ3v) is 14.4. The third-order valence-electron chi connectivity index (χ3n) is 9.24. The van der Waals surface area contributed by atoms with E-state index in [-0.39, 0.29) is 17.1 Å². The van der Waals surface area contributed by atoms with Crippen LogP contribution in [0, 0.1) is 67.7 Å². The average molecular weight is 755 g/mol. The van der Waals surface area contributed by atoms with Crippen LogP contribution >= 0.6 is 15.8 Å². The van der Waals surface area contributed by atoms with Crippen molar-refractivity contribution in [2.75, 3.05) is 14.2 Å². The first-order valence-electron chi connectivity index (χ1n) is 17.4. The second-order valence-electron chi connectivity index (χ2n) is 13.6. The Kier molecular flexibility index (Phi) is 14.4. The van der Waals surface area contributed by atoms with Crippen LogP contribution in [0.5, 0.6) is 11.5 Å². The molecule has 6 rings (SSSR count). The number of rotatable bonds is 9. The standard InChI is InChI=1S/C41H47O2P2.C5H5.Fe/c1-25-15-26(2)18-34(17-25)44(35-19-27(3)16-28(4)20-35)33(9)38-13-12-14-39(38)45(36-21-29(5)40(42-10)30(6)22-36)37-23-31(7)41(43-11)32(8)24-37;1-2-4-5-3-1;/h12-24,33H,1-11H3;1-5H;/t33-;;/m0../s1. The minimum Gasteiger partial charge on any atom is -0.496 e. The summed E-state index contributed by atoms with van der Waals surface area (Å²) in [4.78, 5) is 0. The van der Waals surface area contributed by atoms with Gasteiger partial charge in [0.2, 0.25) is 0 Å². The molecule has 5 heteroatoms. The van der Waals surface area contributed by atoms with E-state index in [4.69, 9.17) is 9.47 Å². The first-order chi connectivity index (χ1) is 23.9. The first-order valence-corrected chi connectivity index (χ1v) is 20.2. The number of ether oxygens (including phenoxy) is 2. The van der Waals surface area contributed by atoms with Gasteiger partial charge in [0.1, 0.15) is 11.5 Å². The largest absolute Gasteiger partial charge is 0.496 e. The summed E-state index contributed by atoms with van der Waals surface area (Å²) in [5, 5.41) is 7.04. The van der Waals surface area contributed by atoms with E-state index in [0.717, 1.165) is 11.5 Å². The van der Waals surface area contributed by atoms with Crippen molar-refractivity contribution in [3.05, 3.63) is 165 Å². The number of benzene rings is 4. The van der Waals surface area contributed by atoms with Gasteiger partial charge >= 0.3 is 0 Å². The van der Waals surface area contributed by atoms with Crippen molar-refractivity contribution in [2.24, 2.45) is 0 Å². The van der Waals surface area contributed by atoms with Gasteiger partial charge in [-0.1, -0.05) is 108 Å². The van der Waals surface area contributed by atoms with Gasteiger partial charge in [0.25, 0.3) is 0 Å². The molecule has 0 saturated heterocycles. The molecule has 0 amide bonds. The first kappa shape index (κ1) is 40.6. The van der Waals surface area contributed by atoms with E-state index in [1.54, 1.807) is 14.2 Å². The Morgan fingerprint density at radius 2 is 0.882 bits per heavy atom. The van der Waals surface area contributed by atoms with Crippen molar-refractivity contribution in [3.63, 3.8) is 0 Å². The van der Waals surface area contributed by atoms with Crippen molar-refractivity contribution in [3.8, 4) is 11.5 Å². The van der Waals surface area contributed by atoms with Gasteiger partial charge < -0.3 is 9.47 Å². The Hall–Kier alpha value is -3.18. The van der Waals surface area contributed by atoms with Crippen molar-refractivity contribution < 1.29 is 26.5 Å². The van der Waals surface area contributed by atoms with Crippen LogP contribution in [-0.4, -0.2) is 19.9 Å². The van der Waals surface area contributed by atoms with Crippen LogP contribution in [0.4, 0.5) is 0 Å². The third kappa shape index (κ3) is 9.44. The number of allylic oxidation sites excluding steroid dienone is 8. The van der Waals surface area contributed by atoms with Gasteiger partial charge in [0.15, 0.2) is 0 Å². The van der Waals surface area contributed by atoms with Crippen LogP contribution < -0.4 is 30.7 Å². The molecular weight excluding hydrogens is 702 g/mol. The fraction of sp³-hybridized carbons (Fsp3) is 0.261. The summed E-state index contributed by atoms with van der Waals surface area (Å²) in [6.07, 6.45) is 17.1. The molecule has 51 heavy (non-hydrogen) atoms. The molecule has 0 spiro atoms. The van der Waals surface area contributed by atoms with Crippen LogP contribution in [0.25, 0.3) is 0 Å². The average Bonchev–Trinajstić information content (AvgIpc) is 3.77. The summed E-state index contributed by atoms with van der Waals surface area (Å²) in [6.45, 7) is 20.0. The minimum atomic E-state index is -0.850. The van der Waals surface area contributed by atoms with E-state index < -0.39 is 15.8 Å². The molecule has 0 aliphatic heterocycles. The number of hydrogen-bond donors (Lipinski definition) is 0. The topological polar surface area (TPSA) is 18.5 Å². The van der Waals surface area contributed by atoms with Gasteiger partial charge in [-0.3, -0.25) is 0 Å². The zero-order valence-corrected chi connectivity index (χ0v) is 34.9. The van der Waals surface area contributed by atoms with Gasteiger partial charge in [0, 0.05) is 29.4 Å². The molecule has 266 valence electrons. The Balaban J connectivity index is 0.000000894. The summed E-state index contributed by atoms with van der Waals surface area (Å²) >= 11 is 0. The molecule has 2 radical (unpaired) electrons. The normalized spacial score (nSPS) is 14.0. The molecule has 0 aromatic heterocycles. The van der Waals surface area contributed by atoms with E-state index in [2.05, 4.69) is 141 Å². The molecule has 2 aliphatic rings. The number of aryl methyl sites for hydroxylation is 8. The molecule has 0 saturated carbocycles. The minimum absolute atomic E-state index is 0. The Bertz CT molecular complexity index is 1780. The zero-order chi connectivity index (χ0) is 36.1. The van der Waals surface area contributed by atoms with Gasteiger partial charge in [-0.15, -0.1) is 0 Å². The monoisotopic (exact) mass is 754 g/mol. The van der Waals surface area contributed by atoms with Crippen LogP contribution in [0.15, 0.2) is 109 Å². The van der Waals surface area contributed by atoms with Crippen molar-refractivity contribution in [1.29, 1.82) is 0 Å². The molecule has 4 aromatic carbocycles. The maximum Gasteiger partial charge on any atom is 0.124 e. The molecule has 2 nitrogen and oxygen atoms in total. The molecule has 0 fully saturated rings. The van der Waals surface area contributed by atoms with Gasteiger partial charge in [0.05, 0.1) is 14.2 Å². The molecule has 0 bridgehead atoms. The Labute approximate surface area is 321 Å². The summed E-state index contributed by atoms with van der Waals surface area (Å²) < 4.78 is 11.6. The summed E-state index contributed by atoms with van der Waals surface area (Å²) in [7, 11) is 2.02. The maximum atomic E-state index is 5.80. The summed E-state index contributed by atoms with van der Waals surface area (Å²) in [5.74, 6) is 3.39. The van der Waals surface area contributed by atoms with Crippen LogP contribution in [0.2, 0.25) is 0 Å². The molecule has 0 heterocycles. The molecule has 4 aromatic rings. The van der Waals surface area contributed by atoms with E-state index in [1.165, 1.54) is 77.0 Å². The summed E-state index contributed by atoms with van der Waals surface area (Å²) in [5.41, 5.74) is 10.3. The molecular formula is C46H52FeO2P2. The smallest absolute Gasteiger partial charge is 0.124 e. The van der Waals surface area contributed by atoms with Crippen LogP contribution in [0.3, 0.4) is 0 Å². The molecule has 1 atom stereocenters.